The largest absolute Gasteiger partial charge is 0.316 e. The molecule has 2 saturated heterocycles. The van der Waals surface area contributed by atoms with E-state index in [2.05, 4.69) is 29.1 Å². The molecule has 0 radical (unpaired) electrons. The molecule has 3 nitrogen and oxygen atoms in total. The van der Waals surface area contributed by atoms with E-state index in [9.17, 15) is 0 Å². The molecule has 3 heteroatoms. The lowest BCUT2D eigenvalue weighted by Crippen LogP contribution is -2.44. The van der Waals surface area contributed by atoms with Gasteiger partial charge in [-0.25, -0.2) is 0 Å². The summed E-state index contributed by atoms with van der Waals surface area (Å²) in [6.07, 6.45) is 4.10. The SMILES string of the molecule is CCN1CCC(N2CCC(NC)C2)CC1. The lowest BCUT2D eigenvalue weighted by atomic mass is 10.0. The van der Waals surface area contributed by atoms with Crippen LogP contribution in [0.15, 0.2) is 0 Å². The maximum atomic E-state index is 3.40. The van der Waals surface area contributed by atoms with Gasteiger partial charge in [0.2, 0.25) is 0 Å². The van der Waals surface area contributed by atoms with Crippen molar-refractivity contribution in [1.29, 1.82) is 0 Å². The summed E-state index contributed by atoms with van der Waals surface area (Å²) in [4.78, 5) is 5.27. The van der Waals surface area contributed by atoms with E-state index in [1.165, 1.54) is 52.0 Å². The lowest BCUT2D eigenvalue weighted by Gasteiger charge is -2.36. The number of nitrogens with zero attached hydrogens (tertiary/aromatic N) is 2. The summed E-state index contributed by atoms with van der Waals surface area (Å²) in [7, 11) is 2.09. The molecule has 1 unspecified atom stereocenters. The number of rotatable bonds is 3. The molecule has 0 amide bonds. The van der Waals surface area contributed by atoms with Crippen LogP contribution in [0.3, 0.4) is 0 Å². The normalized spacial score (nSPS) is 31.2. The molecular formula is C12H25N3. The van der Waals surface area contributed by atoms with E-state index in [1.54, 1.807) is 0 Å². The summed E-state index contributed by atoms with van der Waals surface area (Å²) in [5.41, 5.74) is 0. The molecule has 0 aromatic rings. The van der Waals surface area contributed by atoms with Gasteiger partial charge in [-0.3, -0.25) is 4.90 Å². The molecule has 1 atom stereocenters. The van der Waals surface area contributed by atoms with Crippen LogP contribution in [-0.4, -0.2) is 61.7 Å². The van der Waals surface area contributed by atoms with Gasteiger partial charge in [0, 0.05) is 25.2 Å². The van der Waals surface area contributed by atoms with Gasteiger partial charge < -0.3 is 10.2 Å². The van der Waals surface area contributed by atoms with Gasteiger partial charge in [-0.2, -0.15) is 0 Å². The molecule has 0 aliphatic carbocycles. The van der Waals surface area contributed by atoms with Gasteiger partial charge in [0.05, 0.1) is 0 Å². The highest BCUT2D eigenvalue weighted by Gasteiger charge is 2.29. The Hall–Kier alpha value is -0.120. The van der Waals surface area contributed by atoms with Crippen molar-refractivity contribution >= 4 is 0 Å². The zero-order valence-corrected chi connectivity index (χ0v) is 10.2. The first-order valence-corrected chi connectivity index (χ1v) is 6.47. The maximum absolute atomic E-state index is 3.40. The van der Waals surface area contributed by atoms with Crippen LogP contribution in [0.5, 0.6) is 0 Å². The molecule has 88 valence electrons. The second-order valence-electron chi connectivity index (χ2n) is 4.93. The third-order valence-corrected chi connectivity index (χ3v) is 4.15. The highest BCUT2D eigenvalue weighted by atomic mass is 15.2. The number of piperidine rings is 1. The van der Waals surface area contributed by atoms with Crippen molar-refractivity contribution in [2.45, 2.75) is 38.3 Å². The summed E-state index contributed by atoms with van der Waals surface area (Å²) < 4.78 is 0. The third-order valence-electron chi connectivity index (χ3n) is 4.15. The van der Waals surface area contributed by atoms with Crippen LogP contribution in [0.2, 0.25) is 0 Å². The zero-order chi connectivity index (χ0) is 10.7. The molecule has 2 aliphatic rings. The van der Waals surface area contributed by atoms with E-state index < -0.39 is 0 Å². The van der Waals surface area contributed by atoms with E-state index in [4.69, 9.17) is 0 Å². The van der Waals surface area contributed by atoms with Crippen LogP contribution in [0.4, 0.5) is 0 Å². The molecular weight excluding hydrogens is 186 g/mol. The molecule has 0 aromatic carbocycles. The lowest BCUT2D eigenvalue weighted by molar-refractivity contribution is 0.129. The Balaban J connectivity index is 1.76. The van der Waals surface area contributed by atoms with Crippen molar-refractivity contribution in [3.63, 3.8) is 0 Å². The van der Waals surface area contributed by atoms with Crippen molar-refractivity contribution in [3.8, 4) is 0 Å². The number of nitrogens with one attached hydrogen (secondary N) is 1. The molecule has 0 aromatic heterocycles. The van der Waals surface area contributed by atoms with Crippen molar-refractivity contribution in [2.75, 3.05) is 39.8 Å². The zero-order valence-electron chi connectivity index (χ0n) is 10.2. The molecule has 2 rings (SSSR count). The van der Waals surface area contributed by atoms with Crippen LogP contribution in [-0.2, 0) is 0 Å². The average Bonchev–Trinajstić information content (AvgIpc) is 2.78. The van der Waals surface area contributed by atoms with E-state index in [-0.39, 0.29) is 0 Å². The number of hydrogen-bond acceptors (Lipinski definition) is 3. The highest BCUT2D eigenvalue weighted by Crippen LogP contribution is 2.20. The summed E-state index contributed by atoms with van der Waals surface area (Å²) in [5.74, 6) is 0. The fraction of sp³-hybridized carbons (Fsp3) is 1.00. The first kappa shape index (κ1) is 11.4. The van der Waals surface area contributed by atoms with E-state index in [0.29, 0.717) is 0 Å². The van der Waals surface area contributed by atoms with Gasteiger partial charge in [0.15, 0.2) is 0 Å². The average molecular weight is 211 g/mol. The fourth-order valence-corrected chi connectivity index (χ4v) is 2.96. The first-order chi connectivity index (χ1) is 7.33. The minimum atomic E-state index is 0.745. The van der Waals surface area contributed by atoms with Gasteiger partial charge in [-0.1, -0.05) is 6.92 Å². The summed E-state index contributed by atoms with van der Waals surface area (Å²) >= 11 is 0. The van der Waals surface area contributed by atoms with Gasteiger partial charge in [0.25, 0.3) is 0 Å². The smallest absolute Gasteiger partial charge is 0.0204 e. The predicted molar refractivity (Wildman–Crippen MR) is 64.2 cm³/mol. The van der Waals surface area contributed by atoms with Gasteiger partial charge in [-0.15, -0.1) is 0 Å². The number of likely N-dealkylation sites (N-methyl/N-ethyl adjacent to an activating group) is 1. The highest BCUT2D eigenvalue weighted by molar-refractivity contribution is 4.87. The van der Waals surface area contributed by atoms with E-state index in [0.717, 1.165) is 12.1 Å². The fourth-order valence-electron chi connectivity index (χ4n) is 2.96. The Morgan fingerprint density at radius 2 is 1.87 bits per heavy atom. The second-order valence-corrected chi connectivity index (χ2v) is 4.93. The quantitative estimate of drug-likeness (QED) is 0.744. The van der Waals surface area contributed by atoms with Crippen molar-refractivity contribution < 1.29 is 0 Å². The van der Waals surface area contributed by atoms with Crippen LogP contribution in [0, 0.1) is 0 Å². The first-order valence-electron chi connectivity index (χ1n) is 6.47. The molecule has 0 spiro atoms. The molecule has 2 aliphatic heterocycles. The Kier molecular flexibility index (Phi) is 4.00. The van der Waals surface area contributed by atoms with Crippen LogP contribution in [0.25, 0.3) is 0 Å². The van der Waals surface area contributed by atoms with E-state index in [1.807, 2.05) is 0 Å². The molecule has 0 saturated carbocycles. The Bertz CT molecular complexity index is 187. The molecule has 2 heterocycles. The Morgan fingerprint density at radius 3 is 2.40 bits per heavy atom. The van der Waals surface area contributed by atoms with Crippen molar-refractivity contribution in [1.82, 2.24) is 15.1 Å². The summed E-state index contributed by atoms with van der Waals surface area (Å²) in [6.45, 7) is 8.69. The van der Waals surface area contributed by atoms with E-state index >= 15 is 0 Å². The third kappa shape index (κ3) is 2.71. The van der Waals surface area contributed by atoms with Crippen LogP contribution >= 0.6 is 0 Å². The summed E-state index contributed by atoms with van der Waals surface area (Å²) in [6, 6.07) is 1.61. The second kappa shape index (κ2) is 5.28. The standard InChI is InChI=1S/C12H25N3/c1-3-14-7-5-12(6-8-14)15-9-4-11(10-15)13-2/h11-13H,3-10H2,1-2H3. The van der Waals surface area contributed by atoms with Crippen molar-refractivity contribution in [3.05, 3.63) is 0 Å². The topological polar surface area (TPSA) is 18.5 Å². The Morgan fingerprint density at radius 1 is 1.13 bits per heavy atom. The van der Waals surface area contributed by atoms with Gasteiger partial charge >= 0.3 is 0 Å². The van der Waals surface area contributed by atoms with Gasteiger partial charge in [-0.05, 0) is 45.9 Å². The van der Waals surface area contributed by atoms with Crippen molar-refractivity contribution in [2.24, 2.45) is 0 Å². The monoisotopic (exact) mass is 211 g/mol. The number of likely N-dealkylation sites (tertiary alicyclic amines) is 2. The number of hydrogen-bond donors (Lipinski definition) is 1. The predicted octanol–water partition coefficient (Wildman–Crippen LogP) is 0.764. The minimum absolute atomic E-state index is 0.745. The molecule has 1 N–H and O–H groups in total. The Labute approximate surface area is 93.8 Å². The molecule has 0 bridgehead atoms. The minimum Gasteiger partial charge on any atom is -0.316 e. The molecule has 15 heavy (non-hydrogen) atoms. The maximum Gasteiger partial charge on any atom is 0.0204 e. The molecule has 2 fully saturated rings. The summed E-state index contributed by atoms with van der Waals surface area (Å²) in [5, 5.41) is 3.40. The van der Waals surface area contributed by atoms with Gasteiger partial charge in [0.1, 0.15) is 0 Å². The van der Waals surface area contributed by atoms with Crippen LogP contribution in [0.1, 0.15) is 26.2 Å². The van der Waals surface area contributed by atoms with Crippen LogP contribution < -0.4 is 5.32 Å².